The molecule has 0 spiro atoms. The molecule has 5 heteroatoms. The number of amides is 1. The normalized spacial score (nSPS) is 14.3. The molecule has 2 atom stereocenters. The zero-order chi connectivity index (χ0) is 11.8. The summed E-state index contributed by atoms with van der Waals surface area (Å²) in [5.74, 6) is -1.19. The minimum Gasteiger partial charge on any atom is -0.481 e. The van der Waals surface area contributed by atoms with E-state index in [1.54, 1.807) is 6.92 Å². The molecule has 1 amide bonds. The number of carboxylic acids is 1. The first-order chi connectivity index (χ1) is 6.97. The van der Waals surface area contributed by atoms with Gasteiger partial charge in [0, 0.05) is 6.04 Å². The largest absolute Gasteiger partial charge is 0.481 e. The Hall–Kier alpha value is -1.10. The van der Waals surface area contributed by atoms with Crippen molar-refractivity contribution < 1.29 is 14.7 Å². The van der Waals surface area contributed by atoms with E-state index in [1.807, 2.05) is 6.92 Å². The molecule has 4 N–H and O–H groups in total. The van der Waals surface area contributed by atoms with Crippen molar-refractivity contribution in [3.8, 4) is 0 Å². The molecule has 0 aliphatic rings. The average Bonchev–Trinajstić information content (AvgIpc) is 2.12. The van der Waals surface area contributed by atoms with E-state index >= 15 is 0 Å². The van der Waals surface area contributed by atoms with Gasteiger partial charge in [-0.05, 0) is 13.3 Å². The Morgan fingerprint density at radius 1 is 1.47 bits per heavy atom. The lowest BCUT2D eigenvalue weighted by Gasteiger charge is -2.15. The maximum absolute atomic E-state index is 11.4. The van der Waals surface area contributed by atoms with Gasteiger partial charge < -0.3 is 16.2 Å². The molecule has 88 valence electrons. The third-order valence-corrected chi connectivity index (χ3v) is 2.07. The number of aliphatic carboxylic acids is 1. The number of rotatable bonds is 7. The van der Waals surface area contributed by atoms with Crippen LogP contribution in [0.1, 0.15) is 39.5 Å². The highest BCUT2D eigenvalue weighted by molar-refractivity contribution is 5.82. The molecule has 0 radical (unpaired) electrons. The Morgan fingerprint density at radius 3 is 2.53 bits per heavy atom. The van der Waals surface area contributed by atoms with Crippen LogP contribution in [-0.2, 0) is 9.59 Å². The Morgan fingerprint density at radius 2 is 2.07 bits per heavy atom. The molecule has 0 saturated heterocycles. The topological polar surface area (TPSA) is 92.4 Å². The second-order valence-corrected chi connectivity index (χ2v) is 3.76. The fraction of sp³-hybridized carbons (Fsp3) is 0.800. The summed E-state index contributed by atoms with van der Waals surface area (Å²) in [5.41, 5.74) is 5.62. The van der Waals surface area contributed by atoms with Gasteiger partial charge in [-0.25, -0.2) is 0 Å². The van der Waals surface area contributed by atoms with Crippen molar-refractivity contribution in [2.45, 2.75) is 51.6 Å². The SMILES string of the molecule is CCCC[C@H](N)C(=O)NC(C)CC(=O)O. The second-order valence-electron chi connectivity index (χ2n) is 3.76. The Kier molecular flexibility index (Phi) is 6.70. The molecule has 0 saturated carbocycles. The molecular weight excluding hydrogens is 196 g/mol. The molecule has 0 aromatic heterocycles. The van der Waals surface area contributed by atoms with Gasteiger partial charge in [0.05, 0.1) is 12.5 Å². The van der Waals surface area contributed by atoms with Crippen LogP contribution in [0.3, 0.4) is 0 Å². The van der Waals surface area contributed by atoms with Gasteiger partial charge in [-0.2, -0.15) is 0 Å². The summed E-state index contributed by atoms with van der Waals surface area (Å²) in [6, 6.07) is -0.899. The smallest absolute Gasteiger partial charge is 0.305 e. The van der Waals surface area contributed by atoms with Crippen LogP contribution in [0, 0.1) is 0 Å². The predicted molar refractivity (Wildman–Crippen MR) is 57.4 cm³/mol. The molecule has 5 nitrogen and oxygen atoms in total. The van der Waals surface area contributed by atoms with Crippen molar-refractivity contribution >= 4 is 11.9 Å². The lowest BCUT2D eigenvalue weighted by molar-refractivity contribution is -0.137. The predicted octanol–water partition coefficient (Wildman–Crippen LogP) is 0.483. The fourth-order valence-corrected chi connectivity index (χ4v) is 1.22. The number of hydrogen-bond donors (Lipinski definition) is 3. The number of carbonyl (C=O) groups is 2. The summed E-state index contributed by atoms with van der Waals surface area (Å²) in [7, 11) is 0. The summed E-state index contributed by atoms with van der Waals surface area (Å²) < 4.78 is 0. The van der Waals surface area contributed by atoms with Crippen LogP contribution in [0.2, 0.25) is 0 Å². The zero-order valence-corrected chi connectivity index (χ0v) is 9.32. The number of carbonyl (C=O) groups excluding carboxylic acids is 1. The van der Waals surface area contributed by atoms with Gasteiger partial charge in [0.25, 0.3) is 0 Å². The highest BCUT2D eigenvalue weighted by atomic mass is 16.4. The second kappa shape index (κ2) is 7.23. The first kappa shape index (κ1) is 13.9. The van der Waals surface area contributed by atoms with Crippen LogP contribution in [0.15, 0.2) is 0 Å². The summed E-state index contributed by atoms with van der Waals surface area (Å²) in [4.78, 5) is 21.8. The van der Waals surface area contributed by atoms with Gasteiger partial charge in [0.15, 0.2) is 0 Å². The van der Waals surface area contributed by atoms with E-state index in [0.29, 0.717) is 6.42 Å². The number of nitrogens with one attached hydrogen (secondary N) is 1. The third-order valence-electron chi connectivity index (χ3n) is 2.07. The van der Waals surface area contributed by atoms with Crippen molar-refractivity contribution in [1.29, 1.82) is 0 Å². The third kappa shape index (κ3) is 6.90. The van der Waals surface area contributed by atoms with E-state index < -0.39 is 12.0 Å². The first-order valence-corrected chi connectivity index (χ1v) is 5.25. The number of hydrogen-bond acceptors (Lipinski definition) is 3. The molecule has 0 aromatic rings. The van der Waals surface area contributed by atoms with E-state index in [2.05, 4.69) is 5.32 Å². The van der Waals surface area contributed by atoms with Crippen molar-refractivity contribution in [2.24, 2.45) is 5.73 Å². The highest BCUT2D eigenvalue weighted by Crippen LogP contribution is 1.99. The van der Waals surface area contributed by atoms with Crippen LogP contribution < -0.4 is 11.1 Å². The van der Waals surface area contributed by atoms with Gasteiger partial charge in [0.2, 0.25) is 5.91 Å². The van der Waals surface area contributed by atoms with E-state index in [0.717, 1.165) is 12.8 Å². The Balaban J connectivity index is 3.85. The van der Waals surface area contributed by atoms with E-state index in [-0.39, 0.29) is 18.4 Å². The van der Waals surface area contributed by atoms with Crippen LogP contribution in [0.4, 0.5) is 0 Å². The van der Waals surface area contributed by atoms with E-state index in [1.165, 1.54) is 0 Å². The van der Waals surface area contributed by atoms with Gasteiger partial charge in [-0.15, -0.1) is 0 Å². The summed E-state index contributed by atoms with van der Waals surface area (Å²) >= 11 is 0. The molecular formula is C10H20N2O3. The minimum absolute atomic E-state index is 0.0771. The molecule has 0 bridgehead atoms. The van der Waals surface area contributed by atoms with Crippen LogP contribution in [-0.4, -0.2) is 29.1 Å². The quantitative estimate of drug-likeness (QED) is 0.577. The molecule has 0 fully saturated rings. The molecule has 0 rings (SSSR count). The van der Waals surface area contributed by atoms with Crippen molar-refractivity contribution in [2.75, 3.05) is 0 Å². The lowest BCUT2D eigenvalue weighted by atomic mass is 10.1. The summed E-state index contributed by atoms with van der Waals surface area (Å²) in [6.07, 6.45) is 2.46. The van der Waals surface area contributed by atoms with Gasteiger partial charge in [-0.1, -0.05) is 19.8 Å². The zero-order valence-electron chi connectivity index (χ0n) is 9.32. The summed E-state index contributed by atoms with van der Waals surface area (Å²) in [5, 5.41) is 11.1. The number of nitrogens with two attached hydrogens (primary N) is 1. The van der Waals surface area contributed by atoms with Gasteiger partial charge in [0.1, 0.15) is 0 Å². The van der Waals surface area contributed by atoms with E-state index in [9.17, 15) is 9.59 Å². The molecule has 0 aromatic carbocycles. The van der Waals surface area contributed by atoms with Crippen molar-refractivity contribution in [3.05, 3.63) is 0 Å². The Labute approximate surface area is 90.0 Å². The van der Waals surface area contributed by atoms with Crippen LogP contribution in [0.5, 0.6) is 0 Å². The number of unbranched alkanes of at least 4 members (excludes halogenated alkanes) is 1. The maximum atomic E-state index is 11.4. The number of carboxylic acid groups (broad SMARTS) is 1. The standard InChI is InChI=1S/C10H20N2O3/c1-3-4-5-8(11)10(15)12-7(2)6-9(13)14/h7-8H,3-6,11H2,1-2H3,(H,12,15)(H,13,14)/t7?,8-/m0/s1. The monoisotopic (exact) mass is 216 g/mol. The molecule has 0 aliphatic carbocycles. The summed E-state index contributed by atoms with van der Waals surface area (Å²) in [6.45, 7) is 3.68. The lowest BCUT2D eigenvalue weighted by Crippen LogP contribution is -2.44. The van der Waals surface area contributed by atoms with Crippen LogP contribution >= 0.6 is 0 Å². The van der Waals surface area contributed by atoms with Crippen LogP contribution in [0.25, 0.3) is 0 Å². The van der Waals surface area contributed by atoms with E-state index in [4.69, 9.17) is 10.8 Å². The molecule has 15 heavy (non-hydrogen) atoms. The fourth-order valence-electron chi connectivity index (χ4n) is 1.22. The molecule has 0 aliphatic heterocycles. The van der Waals surface area contributed by atoms with Gasteiger partial charge in [-0.3, -0.25) is 9.59 Å². The highest BCUT2D eigenvalue weighted by Gasteiger charge is 2.16. The van der Waals surface area contributed by atoms with Gasteiger partial charge >= 0.3 is 5.97 Å². The van der Waals surface area contributed by atoms with Crippen molar-refractivity contribution in [3.63, 3.8) is 0 Å². The Bertz CT molecular complexity index is 219. The van der Waals surface area contributed by atoms with Crippen molar-refractivity contribution in [1.82, 2.24) is 5.32 Å². The maximum Gasteiger partial charge on any atom is 0.305 e. The molecule has 0 heterocycles. The molecule has 1 unspecified atom stereocenters. The first-order valence-electron chi connectivity index (χ1n) is 5.25. The average molecular weight is 216 g/mol. The minimum atomic E-state index is -0.926.